The summed E-state index contributed by atoms with van der Waals surface area (Å²) in [5.74, 6) is 0.427. The second-order valence-electron chi connectivity index (χ2n) is 5.73. The number of aryl methyl sites for hydroxylation is 1. The molecule has 0 radical (unpaired) electrons. The predicted octanol–water partition coefficient (Wildman–Crippen LogP) is 1.44. The molecule has 7 heteroatoms. The van der Waals surface area contributed by atoms with Crippen molar-refractivity contribution in [2.24, 2.45) is 0 Å². The SMILES string of the molecule is Cc1ccc(Nc2ccc(C(=O)N3CCN(C=O)CC3)nn2)cc1. The number of nitrogens with one attached hydrogen (secondary N) is 1. The zero-order valence-electron chi connectivity index (χ0n) is 13.5. The van der Waals surface area contributed by atoms with Gasteiger partial charge in [-0.15, -0.1) is 10.2 Å². The number of hydrogen-bond donors (Lipinski definition) is 1. The van der Waals surface area contributed by atoms with E-state index in [1.165, 1.54) is 5.56 Å². The number of amides is 2. The van der Waals surface area contributed by atoms with Crippen LogP contribution in [-0.4, -0.2) is 58.5 Å². The fourth-order valence-corrected chi connectivity index (χ4v) is 2.49. The van der Waals surface area contributed by atoms with Gasteiger partial charge in [-0.3, -0.25) is 9.59 Å². The van der Waals surface area contributed by atoms with Crippen molar-refractivity contribution >= 4 is 23.8 Å². The highest BCUT2D eigenvalue weighted by Gasteiger charge is 2.22. The molecule has 2 heterocycles. The maximum absolute atomic E-state index is 12.4. The zero-order chi connectivity index (χ0) is 16.9. The van der Waals surface area contributed by atoms with Crippen molar-refractivity contribution in [3.05, 3.63) is 47.7 Å². The summed E-state index contributed by atoms with van der Waals surface area (Å²) in [6, 6.07) is 11.3. The second kappa shape index (κ2) is 7.08. The first-order valence-corrected chi connectivity index (χ1v) is 7.82. The number of rotatable bonds is 4. The summed E-state index contributed by atoms with van der Waals surface area (Å²) < 4.78 is 0. The van der Waals surface area contributed by atoms with E-state index in [-0.39, 0.29) is 5.91 Å². The van der Waals surface area contributed by atoms with Crippen LogP contribution in [0.15, 0.2) is 36.4 Å². The smallest absolute Gasteiger partial charge is 0.274 e. The molecule has 0 saturated carbocycles. The Labute approximate surface area is 140 Å². The maximum atomic E-state index is 12.4. The van der Waals surface area contributed by atoms with Crippen LogP contribution in [0, 0.1) is 6.92 Å². The van der Waals surface area contributed by atoms with Crippen molar-refractivity contribution in [1.29, 1.82) is 0 Å². The van der Waals surface area contributed by atoms with Crippen LogP contribution >= 0.6 is 0 Å². The number of hydrogen-bond acceptors (Lipinski definition) is 5. The first-order valence-electron chi connectivity index (χ1n) is 7.82. The number of benzene rings is 1. The highest BCUT2D eigenvalue weighted by atomic mass is 16.2. The van der Waals surface area contributed by atoms with Crippen LogP contribution in [-0.2, 0) is 4.79 Å². The highest BCUT2D eigenvalue weighted by Crippen LogP contribution is 2.15. The average Bonchev–Trinajstić information content (AvgIpc) is 2.64. The molecule has 0 atom stereocenters. The summed E-state index contributed by atoms with van der Waals surface area (Å²) in [6.45, 7) is 4.16. The third kappa shape index (κ3) is 3.68. The molecule has 124 valence electrons. The Kier molecular flexibility index (Phi) is 4.69. The molecule has 2 aromatic rings. The molecular weight excluding hydrogens is 306 g/mol. The lowest BCUT2D eigenvalue weighted by molar-refractivity contribution is -0.119. The lowest BCUT2D eigenvalue weighted by atomic mass is 10.2. The molecular formula is C17H19N5O2. The highest BCUT2D eigenvalue weighted by molar-refractivity contribution is 5.92. The zero-order valence-corrected chi connectivity index (χ0v) is 13.5. The van der Waals surface area contributed by atoms with Gasteiger partial charge in [-0.25, -0.2) is 0 Å². The Hall–Kier alpha value is -2.96. The molecule has 0 spiro atoms. The summed E-state index contributed by atoms with van der Waals surface area (Å²) in [4.78, 5) is 26.5. The van der Waals surface area contributed by atoms with E-state index >= 15 is 0 Å². The predicted molar refractivity (Wildman–Crippen MR) is 90.0 cm³/mol. The van der Waals surface area contributed by atoms with Gasteiger partial charge < -0.3 is 15.1 Å². The molecule has 1 aliphatic rings. The van der Waals surface area contributed by atoms with Gasteiger partial charge in [0.05, 0.1) is 0 Å². The van der Waals surface area contributed by atoms with Crippen molar-refractivity contribution < 1.29 is 9.59 Å². The Morgan fingerprint density at radius 1 is 1.04 bits per heavy atom. The van der Waals surface area contributed by atoms with Gasteiger partial charge in [0.1, 0.15) is 0 Å². The van der Waals surface area contributed by atoms with E-state index in [0.717, 1.165) is 12.1 Å². The largest absolute Gasteiger partial charge is 0.342 e. The van der Waals surface area contributed by atoms with E-state index in [4.69, 9.17) is 0 Å². The molecule has 0 aliphatic carbocycles. The number of anilines is 2. The molecule has 2 amide bonds. The normalized spacial score (nSPS) is 14.4. The summed E-state index contributed by atoms with van der Waals surface area (Å²) in [6.07, 6.45) is 0.813. The summed E-state index contributed by atoms with van der Waals surface area (Å²) >= 11 is 0. The van der Waals surface area contributed by atoms with E-state index < -0.39 is 0 Å². The van der Waals surface area contributed by atoms with Gasteiger partial charge in [-0.05, 0) is 31.2 Å². The summed E-state index contributed by atoms with van der Waals surface area (Å²) in [7, 11) is 0. The van der Waals surface area contributed by atoms with Crippen LogP contribution in [0.4, 0.5) is 11.5 Å². The van der Waals surface area contributed by atoms with Gasteiger partial charge in [-0.1, -0.05) is 17.7 Å². The summed E-state index contributed by atoms with van der Waals surface area (Å²) in [5, 5.41) is 11.2. The van der Waals surface area contributed by atoms with E-state index in [9.17, 15) is 9.59 Å². The number of aromatic nitrogens is 2. The van der Waals surface area contributed by atoms with Crippen molar-refractivity contribution in [3.8, 4) is 0 Å². The first kappa shape index (κ1) is 15.9. The molecule has 1 N–H and O–H groups in total. The molecule has 24 heavy (non-hydrogen) atoms. The molecule has 1 aromatic heterocycles. The van der Waals surface area contributed by atoms with Crippen molar-refractivity contribution in [1.82, 2.24) is 20.0 Å². The third-order valence-corrected chi connectivity index (χ3v) is 3.96. The maximum Gasteiger partial charge on any atom is 0.274 e. The number of piperazine rings is 1. The Morgan fingerprint density at radius 2 is 1.75 bits per heavy atom. The summed E-state index contributed by atoms with van der Waals surface area (Å²) in [5.41, 5.74) is 2.41. The van der Waals surface area contributed by atoms with E-state index in [1.54, 1.807) is 21.9 Å². The standard InChI is InChI=1S/C17H19N5O2/c1-13-2-4-14(5-3-13)18-16-7-6-15(19-20-16)17(24)22-10-8-21(12-23)9-11-22/h2-7,12H,8-11H2,1H3,(H,18,20). The molecule has 1 saturated heterocycles. The molecule has 0 bridgehead atoms. The molecule has 1 aliphatic heterocycles. The topological polar surface area (TPSA) is 78.4 Å². The molecule has 3 rings (SSSR count). The third-order valence-electron chi connectivity index (χ3n) is 3.96. The van der Waals surface area contributed by atoms with Crippen molar-refractivity contribution in [3.63, 3.8) is 0 Å². The van der Waals surface area contributed by atoms with Gasteiger partial charge in [0.2, 0.25) is 6.41 Å². The quantitative estimate of drug-likeness (QED) is 0.861. The van der Waals surface area contributed by atoms with Crippen molar-refractivity contribution in [2.75, 3.05) is 31.5 Å². The van der Waals surface area contributed by atoms with Gasteiger partial charge in [0.15, 0.2) is 11.5 Å². The van der Waals surface area contributed by atoms with Crippen LogP contribution in [0.1, 0.15) is 16.1 Å². The van der Waals surface area contributed by atoms with Crippen LogP contribution in [0.25, 0.3) is 0 Å². The van der Waals surface area contributed by atoms with Crippen LogP contribution < -0.4 is 5.32 Å². The lowest BCUT2D eigenvalue weighted by Gasteiger charge is -2.32. The van der Waals surface area contributed by atoms with E-state index in [2.05, 4.69) is 15.5 Å². The van der Waals surface area contributed by atoms with E-state index in [1.807, 2.05) is 31.2 Å². The number of carbonyl (C=O) groups is 2. The monoisotopic (exact) mass is 325 g/mol. The fourth-order valence-electron chi connectivity index (χ4n) is 2.49. The minimum absolute atomic E-state index is 0.157. The minimum Gasteiger partial charge on any atom is -0.342 e. The minimum atomic E-state index is -0.157. The van der Waals surface area contributed by atoms with Gasteiger partial charge >= 0.3 is 0 Å². The van der Waals surface area contributed by atoms with Crippen LogP contribution in [0.2, 0.25) is 0 Å². The molecule has 0 unspecified atom stereocenters. The Morgan fingerprint density at radius 3 is 2.33 bits per heavy atom. The first-order chi connectivity index (χ1) is 11.7. The Balaban J connectivity index is 1.62. The van der Waals surface area contributed by atoms with Gasteiger partial charge in [-0.2, -0.15) is 0 Å². The number of nitrogens with zero attached hydrogens (tertiary/aromatic N) is 4. The van der Waals surface area contributed by atoms with Gasteiger partial charge in [0, 0.05) is 31.9 Å². The second-order valence-corrected chi connectivity index (χ2v) is 5.73. The van der Waals surface area contributed by atoms with Crippen molar-refractivity contribution in [2.45, 2.75) is 6.92 Å². The van der Waals surface area contributed by atoms with Crippen LogP contribution in [0.5, 0.6) is 0 Å². The fraction of sp³-hybridized carbons (Fsp3) is 0.294. The molecule has 1 aromatic carbocycles. The van der Waals surface area contributed by atoms with Gasteiger partial charge in [0.25, 0.3) is 5.91 Å². The molecule has 7 nitrogen and oxygen atoms in total. The van der Waals surface area contributed by atoms with Crippen LogP contribution in [0.3, 0.4) is 0 Å². The lowest BCUT2D eigenvalue weighted by Crippen LogP contribution is -2.48. The Bertz CT molecular complexity index is 707. The number of carbonyl (C=O) groups excluding carboxylic acids is 2. The molecule has 1 fully saturated rings. The van der Waals surface area contributed by atoms with E-state index in [0.29, 0.717) is 37.7 Å². The average molecular weight is 325 g/mol.